The molecule has 0 saturated heterocycles. The summed E-state index contributed by atoms with van der Waals surface area (Å²) in [6, 6.07) is 4.92. The molecule has 1 aromatic carbocycles. The SMILES string of the molecule is CC1CCCC(C(N)Cc2cccc(F)c2Cl)(N(C)C)C1. The summed E-state index contributed by atoms with van der Waals surface area (Å²) >= 11 is 6.09. The van der Waals surface area contributed by atoms with Gasteiger partial charge in [-0.05, 0) is 50.9 Å². The summed E-state index contributed by atoms with van der Waals surface area (Å²) in [6.45, 7) is 2.29. The van der Waals surface area contributed by atoms with Crippen LogP contribution in [0.2, 0.25) is 5.02 Å². The molecule has 0 bridgehead atoms. The molecule has 2 rings (SSSR count). The molecule has 1 aromatic rings. The van der Waals surface area contributed by atoms with Crippen molar-refractivity contribution in [3.05, 3.63) is 34.6 Å². The molecule has 2 nitrogen and oxygen atoms in total. The summed E-state index contributed by atoms with van der Waals surface area (Å²) in [6.07, 6.45) is 5.26. The van der Waals surface area contributed by atoms with Gasteiger partial charge in [-0.1, -0.05) is 43.5 Å². The highest BCUT2D eigenvalue weighted by atomic mass is 35.5. The zero-order chi connectivity index (χ0) is 15.6. The van der Waals surface area contributed by atoms with Crippen molar-refractivity contribution in [1.29, 1.82) is 0 Å². The Labute approximate surface area is 132 Å². The minimum Gasteiger partial charge on any atom is -0.326 e. The molecule has 3 atom stereocenters. The molecule has 0 aliphatic heterocycles. The fourth-order valence-corrected chi connectivity index (χ4v) is 3.97. The lowest BCUT2D eigenvalue weighted by Crippen LogP contribution is -2.60. The quantitative estimate of drug-likeness (QED) is 0.914. The van der Waals surface area contributed by atoms with E-state index in [0.717, 1.165) is 18.4 Å². The normalized spacial score (nSPS) is 27.9. The molecule has 4 heteroatoms. The molecule has 1 saturated carbocycles. The maximum atomic E-state index is 13.6. The second-order valence-electron chi connectivity index (χ2n) is 6.72. The summed E-state index contributed by atoms with van der Waals surface area (Å²) in [5, 5.41) is 0.214. The van der Waals surface area contributed by atoms with Crippen LogP contribution in [0, 0.1) is 11.7 Å². The Balaban J connectivity index is 2.23. The summed E-state index contributed by atoms with van der Waals surface area (Å²) in [5.74, 6) is 0.312. The maximum absolute atomic E-state index is 13.6. The van der Waals surface area contributed by atoms with Gasteiger partial charge >= 0.3 is 0 Å². The number of hydrogen-bond donors (Lipinski definition) is 1. The van der Waals surface area contributed by atoms with E-state index < -0.39 is 0 Å². The van der Waals surface area contributed by atoms with Crippen LogP contribution < -0.4 is 5.73 Å². The van der Waals surface area contributed by atoms with Gasteiger partial charge in [0.1, 0.15) is 5.82 Å². The van der Waals surface area contributed by atoms with Crippen LogP contribution in [0.3, 0.4) is 0 Å². The topological polar surface area (TPSA) is 29.3 Å². The molecule has 21 heavy (non-hydrogen) atoms. The minimum absolute atomic E-state index is 0.0205. The lowest BCUT2D eigenvalue weighted by molar-refractivity contribution is 0.0504. The predicted molar refractivity (Wildman–Crippen MR) is 87.1 cm³/mol. The van der Waals surface area contributed by atoms with Gasteiger partial charge in [0.05, 0.1) is 5.02 Å². The fourth-order valence-electron chi connectivity index (χ4n) is 3.77. The van der Waals surface area contributed by atoms with Gasteiger partial charge in [-0.3, -0.25) is 0 Å². The summed E-state index contributed by atoms with van der Waals surface area (Å²) in [7, 11) is 4.20. The Kier molecular flexibility index (Phi) is 5.29. The molecule has 1 aliphatic carbocycles. The van der Waals surface area contributed by atoms with Gasteiger partial charge in [0, 0.05) is 11.6 Å². The Hall–Kier alpha value is -0.640. The van der Waals surface area contributed by atoms with Crippen LogP contribution in [0.15, 0.2) is 18.2 Å². The number of halogens is 2. The number of hydrogen-bond acceptors (Lipinski definition) is 2. The van der Waals surface area contributed by atoms with Crippen molar-refractivity contribution in [2.45, 2.75) is 50.6 Å². The smallest absolute Gasteiger partial charge is 0.142 e. The van der Waals surface area contributed by atoms with E-state index >= 15 is 0 Å². The van der Waals surface area contributed by atoms with Crippen LogP contribution in [0.5, 0.6) is 0 Å². The molecule has 3 unspecified atom stereocenters. The number of nitrogens with zero attached hydrogens (tertiary/aromatic N) is 1. The first-order valence-electron chi connectivity index (χ1n) is 7.72. The van der Waals surface area contributed by atoms with E-state index in [1.807, 2.05) is 6.07 Å². The molecule has 0 amide bonds. The first-order valence-corrected chi connectivity index (χ1v) is 8.10. The average molecular weight is 313 g/mol. The van der Waals surface area contributed by atoms with Crippen molar-refractivity contribution in [2.75, 3.05) is 14.1 Å². The monoisotopic (exact) mass is 312 g/mol. The minimum atomic E-state index is -0.364. The van der Waals surface area contributed by atoms with E-state index in [1.54, 1.807) is 6.07 Å². The molecular formula is C17H26ClFN2. The van der Waals surface area contributed by atoms with Crippen molar-refractivity contribution in [2.24, 2.45) is 11.7 Å². The third-order valence-electron chi connectivity index (χ3n) is 5.06. The molecule has 2 N–H and O–H groups in total. The second kappa shape index (κ2) is 6.64. The van der Waals surface area contributed by atoms with E-state index in [4.69, 9.17) is 17.3 Å². The zero-order valence-electron chi connectivity index (χ0n) is 13.2. The maximum Gasteiger partial charge on any atom is 0.142 e. The van der Waals surface area contributed by atoms with Crippen molar-refractivity contribution in [3.63, 3.8) is 0 Å². The number of likely N-dealkylation sites (N-methyl/N-ethyl adjacent to an activating group) is 1. The number of nitrogens with two attached hydrogens (primary N) is 1. The Bertz CT molecular complexity index is 492. The van der Waals surface area contributed by atoms with E-state index in [-0.39, 0.29) is 22.4 Å². The van der Waals surface area contributed by atoms with E-state index in [0.29, 0.717) is 12.3 Å². The van der Waals surface area contributed by atoms with Crippen molar-refractivity contribution >= 4 is 11.6 Å². The largest absolute Gasteiger partial charge is 0.326 e. The van der Waals surface area contributed by atoms with Crippen LogP contribution >= 0.6 is 11.6 Å². The molecule has 0 aromatic heterocycles. The van der Waals surface area contributed by atoms with Crippen molar-refractivity contribution in [1.82, 2.24) is 4.90 Å². The zero-order valence-corrected chi connectivity index (χ0v) is 14.0. The molecular weight excluding hydrogens is 287 g/mol. The first kappa shape index (κ1) is 16.7. The molecule has 118 valence electrons. The molecule has 1 aliphatic rings. The van der Waals surface area contributed by atoms with Gasteiger partial charge in [-0.2, -0.15) is 0 Å². The fraction of sp³-hybridized carbons (Fsp3) is 0.647. The van der Waals surface area contributed by atoms with Crippen LogP contribution in [0.25, 0.3) is 0 Å². The number of rotatable bonds is 4. The Morgan fingerprint density at radius 2 is 2.19 bits per heavy atom. The molecule has 1 fully saturated rings. The lowest BCUT2D eigenvalue weighted by atomic mass is 9.70. The van der Waals surface area contributed by atoms with Gasteiger partial charge in [-0.15, -0.1) is 0 Å². The predicted octanol–water partition coefficient (Wildman–Crippen LogP) is 3.86. The van der Waals surface area contributed by atoms with Gasteiger partial charge in [0.15, 0.2) is 0 Å². The third kappa shape index (κ3) is 3.41. The first-order chi connectivity index (χ1) is 9.86. The molecule has 0 heterocycles. The van der Waals surface area contributed by atoms with Crippen molar-refractivity contribution < 1.29 is 4.39 Å². The standard InChI is InChI=1S/C17H26ClFN2/c1-12-6-5-9-17(11-12,21(2)3)15(20)10-13-7-4-8-14(19)16(13)18/h4,7-8,12,15H,5-6,9-11,20H2,1-3H3. The summed E-state index contributed by atoms with van der Waals surface area (Å²) < 4.78 is 13.6. The molecule has 0 spiro atoms. The Morgan fingerprint density at radius 1 is 1.48 bits per heavy atom. The lowest BCUT2D eigenvalue weighted by Gasteiger charge is -2.49. The average Bonchev–Trinajstić information content (AvgIpc) is 2.43. The van der Waals surface area contributed by atoms with Crippen LogP contribution in [-0.2, 0) is 6.42 Å². The van der Waals surface area contributed by atoms with E-state index in [9.17, 15) is 4.39 Å². The number of benzene rings is 1. The van der Waals surface area contributed by atoms with Gasteiger partial charge in [0.2, 0.25) is 0 Å². The van der Waals surface area contributed by atoms with Crippen LogP contribution in [-0.4, -0.2) is 30.6 Å². The van der Waals surface area contributed by atoms with Crippen molar-refractivity contribution in [3.8, 4) is 0 Å². The molecule has 0 radical (unpaired) electrons. The van der Waals surface area contributed by atoms with E-state index in [1.165, 1.54) is 18.9 Å². The van der Waals surface area contributed by atoms with Crippen LogP contribution in [0.1, 0.15) is 38.2 Å². The second-order valence-corrected chi connectivity index (χ2v) is 7.10. The van der Waals surface area contributed by atoms with Gasteiger partial charge in [-0.25, -0.2) is 4.39 Å². The summed E-state index contributed by atoms with van der Waals surface area (Å²) in [5.41, 5.74) is 7.36. The highest BCUT2D eigenvalue weighted by Gasteiger charge is 2.42. The van der Waals surface area contributed by atoms with Crippen LogP contribution in [0.4, 0.5) is 4.39 Å². The summed E-state index contributed by atoms with van der Waals surface area (Å²) in [4.78, 5) is 2.26. The highest BCUT2D eigenvalue weighted by molar-refractivity contribution is 6.31. The van der Waals surface area contributed by atoms with E-state index in [2.05, 4.69) is 25.9 Å². The third-order valence-corrected chi connectivity index (χ3v) is 5.48. The Morgan fingerprint density at radius 3 is 2.81 bits per heavy atom. The van der Waals surface area contributed by atoms with Gasteiger partial charge in [0.25, 0.3) is 0 Å². The van der Waals surface area contributed by atoms with Gasteiger partial charge < -0.3 is 10.6 Å². The highest BCUT2D eigenvalue weighted by Crippen LogP contribution is 2.39.